The Balaban J connectivity index is 1.77. The van der Waals surface area contributed by atoms with E-state index in [0.29, 0.717) is 38.9 Å². The van der Waals surface area contributed by atoms with Gasteiger partial charge in [0, 0.05) is 24.0 Å². The minimum Gasteiger partial charge on any atom is -0.497 e. The van der Waals surface area contributed by atoms with Crippen LogP contribution in [0.15, 0.2) is 60.7 Å². The SMILES string of the molecule is COc1cccc(C2C(C(=O)c3ccc(Cl)s3)C(c3cccc([N+](=O)[O-])c3)N(C(=O)C3CC3)C2C(N)=O)c1. The molecule has 2 amide bonds. The number of hydrogen-bond acceptors (Lipinski definition) is 7. The third-order valence-electron chi connectivity index (χ3n) is 7.16. The number of ether oxygens (including phenoxy) is 1. The van der Waals surface area contributed by atoms with Crippen LogP contribution in [0.5, 0.6) is 5.75 Å². The number of benzene rings is 2. The number of nitrogens with zero attached hydrogens (tertiary/aromatic N) is 2. The highest BCUT2D eigenvalue weighted by molar-refractivity contribution is 7.18. The molecule has 2 fully saturated rings. The summed E-state index contributed by atoms with van der Waals surface area (Å²) in [5.41, 5.74) is 6.75. The second-order valence-corrected chi connectivity index (χ2v) is 11.2. The summed E-state index contributed by atoms with van der Waals surface area (Å²) < 4.78 is 5.81. The van der Waals surface area contributed by atoms with E-state index >= 15 is 0 Å². The summed E-state index contributed by atoms with van der Waals surface area (Å²) in [4.78, 5) is 54.0. The largest absolute Gasteiger partial charge is 0.497 e. The highest BCUT2D eigenvalue weighted by atomic mass is 35.5. The van der Waals surface area contributed by atoms with Crippen molar-refractivity contribution >= 4 is 46.2 Å². The lowest BCUT2D eigenvalue weighted by atomic mass is 9.77. The molecule has 11 heteroatoms. The number of nitrogens with two attached hydrogens (primary N) is 1. The predicted octanol–water partition coefficient (Wildman–Crippen LogP) is 4.75. The van der Waals surface area contributed by atoms with E-state index in [-0.39, 0.29) is 23.3 Å². The molecule has 4 unspecified atom stereocenters. The molecule has 2 N–H and O–H groups in total. The molecule has 9 nitrogen and oxygen atoms in total. The first-order valence-electron chi connectivity index (χ1n) is 12.0. The van der Waals surface area contributed by atoms with Gasteiger partial charge in [-0.3, -0.25) is 24.5 Å². The van der Waals surface area contributed by atoms with Crippen LogP contribution in [0.2, 0.25) is 4.34 Å². The molecule has 38 heavy (non-hydrogen) atoms. The maximum absolute atomic E-state index is 14.2. The van der Waals surface area contributed by atoms with Crippen molar-refractivity contribution < 1.29 is 24.0 Å². The number of amides is 2. The van der Waals surface area contributed by atoms with Gasteiger partial charge >= 0.3 is 0 Å². The Morgan fingerprint density at radius 1 is 1.08 bits per heavy atom. The van der Waals surface area contributed by atoms with Crippen LogP contribution < -0.4 is 10.5 Å². The number of hydrogen-bond donors (Lipinski definition) is 1. The predicted molar refractivity (Wildman–Crippen MR) is 141 cm³/mol. The van der Waals surface area contributed by atoms with E-state index in [0.717, 1.165) is 11.3 Å². The van der Waals surface area contributed by atoms with Crippen molar-refractivity contribution in [1.29, 1.82) is 0 Å². The highest BCUT2D eigenvalue weighted by Gasteiger charge is 2.58. The number of rotatable bonds is 8. The van der Waals surface area contributed by atoms with Crippen molar-refractivity contribution in [3.05, 3.63) is 91.1 Å². The van der Waals surface area contributed by atoms with E-state index < -0.39 is 34.7 Å². The van der Waals surface area contributed by atoms with Gasteiger partial charge in [-0.25, -0.2) is 0 Å². The standard InChI is InChI=1S/C27H24ClN3O6S/c1-37-18-7-3-4-15(13-18)21-22(25(32)19-10-11-20(28)38-19)23(16-5-2-6-17(12-16)31(35)36)30(24(21)26(29)33)27(34)14-8-9-14/h2-7,10-14,21-24H,8-9H2,1H3,(H2,29,33). The van der Waals surface area contributed by atoms with E-state index in [9.17, 15) is 24.5 Å². The second-order valence-electron chi connectivity index (χ2n) is 9.46. The Kier molecular flexibility index (Phi) is 6.93. The first-order chi connectivity index (χ1) is 18.2. The van der Waals surface area contributed by atoms with Gasteiger partial charge in [0.15, 0.2) is 5.78 Å². The molecule has 2 aromatic carbocycles. The van der Waals surface area contributed by atoms with E-state index in [1.54, 1.807) is 42.5 Å². The van der Waals surface area contributed by atoms with Gasteiger partial charge in [-0.2, -0.15) is 0 Å². The number of methoxy groups -OCH3 is 1. The smallest absolute Gasteiger partial charge is 0.269 e. The zero-order chi connectivity index (χ0) is 27.1. The van der Waals surface area contributed by atoms with Crippen LogP contribution in [0.1, 0.15) is 45.6 Å². The number of halogens is 1. The zero-order valence-electron chi connectivity index (χ0n) is 20.3. The van der Waals surface area contributed by atoms with Crippen LogP contribution in [0.3, 0.4) is 0 Å². The summed E-state index contributed by atoms with van der Waals surface area (Å²) in [6.07, 6.45) is 1.32. The number of non-ortho nitro benzene ring substituents is 1. The molecular weight excluding hydrogens is 530 g/mol. The molecule has 1 saturated heterocycles. The molecule has 2 aliphatic rings. The van der Waals surface area contributed by atoms with Crippen LogP contribution in [0, 0.1) is 22.0 Å². The molecule has 3 aromatic rings. The fourth-order valence-electron chi connectivity index (χ4n) is 5.39. The summed E-state index contributed by atoms with van der Waals surface area (Å²) >= 11 is 7.25. The third-order valence-corrected chi connectivity index (χ3v) is 8.40. The fraction of sp³-hybridized carbons (Fsp3) is 0.296. The molecule has 2 heterocycles. The number of nitro groups is 1. The topological polar surface area (TPSA) is 133 Å². The Labute approximate surface area is 227 Å². The minimum atomic E-state index is -1.16. The monoisotopic (exact) mass is 553 g/mol. The average Bonchev–Trinajstić information content (AvgIpc) is 3.57. The van der Waals surface area contributed by atoms with Gasteiger partial charge in [0.2, 0.25) is 11.8 Å². The summed E-state index contributed by atoms with van der Waals surface area (Å²) in [7, 11) is 1.50. The normalized spacial score (nSPS) is 22.7. The van der Waals surface area contributed by atoms with Crippen molar-refractivity contribution in [1.82, 2.24) is 4.90 Å². The highest BCUT2D eigenvalue weighted by Crippen LogP contribution is 2.53. The maximum atomic E-state index is 14.2. The van der Waals surface area contributed by atoms with Crippen LogP contribution in [-0.4, -0.2) is 40.6 Å². The zero-order valence-corrected chi connectivity index (χ0v) is 21.9. The molecule has 196 valence electrons. The Morgan fingerprint density at radius 3 is 2.39 bits per heavy atom. The van der Waals surface area contributed by atoms with Gasteiger partial charge in [-0.15, -0.1) is 11.3 Å². The number of Topliss-reactive ketones (excluding diaryl/α,β-unsaturated/α-hetero) is 1. The number of carbonyl (C=O) groups excluding carboxylic acids is 3. The third kappa shape index (κ3) is 4.65. The summed E-state index contributed by atoms with van der Waals surface area (Å²) in [6.45, 7) is 0. The van der Waals surface area contributed by atoms with E-state index in [2.05, 4.69) is 0 Å². The fourth-order valence-corrected chi connectivity index (χ4v) is 6.42. The minimum absolute atomic E-state index is 0.188. The van der Waals surface area contributed by atoms with Crippen LogP contribution >= 0.6 is 22.9 Å². The number of primary amides is 1. The van der Waals surface area contributed by atoms with Gasteiger partial charge in [-0.1, -0.05) is 35.9 Å². The maximum Gasteiger partial charge on any atom is 0.269 e. The Bertz CT molecular complexity index is 1440. The Morgan fingerprint density at radius 2 is 1.79 bits per heavy atom. The first kappa shape index (κ1) is 25.9. The van der Waals surface area contributed by atoms with Gasteiger partial charge < -0.3 is 15.4 Å². The molecule has 0 spiro atoms. The van der Waals surface area contributed by atoms with Gasteiger partial charge in [0.1, 0.15) is 11.8 Å². The molecule has 1 aliphatic carbocycles. The van der Waals surface area contributed by atoms with Crippen LogP contribution in [0.4, 0.5) is 5.69 Å². The number of likely N-dealkylation sites (tertiary alicyclic amines) is 1. The molecule has 0 radical (unpaired) electrons. The molecule has 4 atom stereocenters. The number of nitro benzene ring substituents is 1. The number of thiophene rings is 1. The Hall–Kier alpha value is -3.76. The average molecular weight is 554 g/mol. The van der Waals surface area contributed by atoms with E-state index in [1.807, 2.05) is 0 Å². The number of ketones is 1. The summed E-state index contributed by atoms with van der Waals surface area (Å²) in [5.74, 6) is -2.98. The second kappa shape index (κ2) is 10.2. The van der Waals surface area contributed by atoms with Crippen molar-refractivity contribution in [2.45, 2.75) is 30.8 Å². The van der Waals surface area contributed by atoms with Crippen molar-refractivity contribution in [2.24, 2.45) is 17.6 Å². The molecular formula is C27H24ClN3O6S. The van der Waals surface area contributed by atoms with Crippen molar-refractivity contribution in [3.8, 4) is 5.75 Å². The molecule has 0 bridgehead atoms. The first-order valence-corrected chi connectivity index (χ1v) is 13.2. The van der Waals surface area contributed by atoms with Crippen molar-refractivity contribution in [2.75, 3.05) is 7.11 Å². The summed E-state index contributed by atoms with van der Waals surface area (Å²) in [5, 5.41) is 11.6. The number of carbonyl (C=O) groups is 3. The molecule has 5 rings (SSSR count). The quantitative estimate of drug-likeness (QED) is 0.243. The molecule has 1 aromatic heterocycles. The summed E-state index contributed by atoms with van der Waals surface area (Å²) in [6, 6.07) is 13.9. The van der Waals surface area contributed by atoms with Gasteiger partial charge in [0.25, 0.3) is 5.69 Å². The van der Waals surface area contributed by atoms with Crippen LogP contribution in [0.25, 0.3) is 0 Å². The van der Waals surface area contributed by atoms with Gasteiger partial charge in [0.05, 0.1) is 33.2 Å². The van der Waals surface area contributed by atoms with Crippen LogP contribution in [-0.2, 0) is 9.59 Å². The lowest BCUT2D eigenvalue weighted by Crippen LogP contribution is -2.47. The van der Waals surface area contributed by atoms with E-state index in [4.69, 9.17) is 22.1 Å². The van der Waals surface area contributed by atoms with Crippen molar-refractivity contribution in [3.63, 3.8) is 0 Å². The van der Waals surface area contributed by atoms with Gasteiger partial charge in [-0.05, 0) is 48.2 Å². The lowest BCUT2D eigenvalue weighted by molar-refractivity contribution is -0.385. The molecule has 1 saturated carbocycles. The van der Waals surface area contributed by atoms with E-state index in [1.165, 1.54) is 30.2 Å². The lowest BCUT2D eigenvalue weighted by Gasteiger charge is -2.31. The molecule has 1 aliphatic heterocycles.